The first-order valence-electron chi connectivity index (χ1n) is 11.4. The van der Waals surface area contributed by atoms with Crippen molar-refractivity contribution < 1.29 is 19.1 Å². The van der Waals surface area contributed by atoms with Crippen molar-refractivity contribution in [1.29, 1.82) is 0 Å². The van der Waals surface area contributed by atoms with E-state index in [0.29, 0.717) is 44.2 Å². The Hall–Kier alpha value is -3.45. The normalized spacial score (nSPS) is 14.6. The predicted molar refractivity (Wildman–Crippen MR) is 149 cm³/mol. The highest BCUT2D eigenvalue weighted by molar-refractivity contribution is 8.18. The zero-order valence-corrected chi connectivity index (χ0v) is 22.1. The van der Waals surface area contributed by atoms with Crippen LogP contribution in [0, 0.1) is 0 Å². The summed E-state index contributed by atoms with van der Waals surface area (Å²) in [6, 6.07) is 24.6. The van der Waals surface area contributed by atoms with Crippen LogP contribution in [-0.2, 0) is 17.9 Å². The van der Waals surface area contributed by atoms with E-state index in [1.807, 2.05) is 30.3 Å². The molecule has 0 spiro atoms. The number of benzene rings is 4. The Labute approximate surface area is 228 Å². The molecule has 1 aliphatic rings. The third-order valence-electron chi connectivity index (χ3n) is 5.97. The maximum Gasteiger partial charge on any atom is 0.293 e. The van der Waals surface area contributed by atoms with Gasteiger partial charge in [-0.25, -0.2) is 0 Å². The molecule has 8 heteroatoms. The zero-order valence-electron chi connectivity index (χ0n) is 19.7. The maximum atomic E-state index is 13.0. The number of amides is 2. The fourth-order valence-electron chi connectivity index (χ4n) is 4.07. The lowest BCUT2D eigenvalue weighted by molar-refractivity contribution is -0.123. The molecular formula is C29H21Cl2NO4S. The van der Waals surface area contributed by atoms with Gasteiger partial charge in [0.1, 0.15) is 6.61 Å². The minimum atomic E-state index is -0.378. The van der Waals surface area contributed by atoms with E-state index in [2.05, 4.69) is 18.2 Å². The number of methoxy groups -OCH3 is 1. The monoisotopic (exact) mass is 549 g/mol. The molecule has 0 atom stereocenters. The Morgan fingerprint density at radius 3 is 2.51 bits per heavy atom. The molecule has 186 valence electrons. The van der Waals surface area contributed by atoms with Crippen LogP contribution < -0.4 is 9.47 Å². The highest BCUT2D eigenvalue weighted by Crippen LogP contribution is 2.36. The molecule has 1 aliphatic heterocycles. The van der Waals surface area contributed by atoms with E-state index >= 15 is 0 Å². The topological polar surface area (TPSA) is 55.8 Å². The van der Waals surface area contributed by atoms with Gasteiger partial charge in [0, 0.05) is 10.0 Å². The largest absolute Gasteiger partial charge is 0.493 e. The van der Waals surface area contributed by atoms with E-state index in [-0.39, 0.29) is 17.7 Å². The number of fused-ring (bicyclic) bond motifs is 1. The molecule has 0 unspecified atom stereocenters. The number of carbonyl (C=O) groups excluding carboxylic acids is 2. The van der Waals surface area contributed by atoms with E-state index in [9.17, 15) is 9.59 Å². The molecule has 1 saturated heterocycles. The average Bonchev–Trinajstić information content (AvgIpc) is 3.16. The smallest absolute Gasteiger partial charge is 0.293 e. The molecule has 5 rings (SSSR count). The molecule has 0 aromatic heterocycles. The summed E-state index contributed by atoms with van der Waals surface area (Å²) >= 11 is 13.1. The number of carbonyl (C=O) groups is 2. The first kappa shape index (κ1) is 25.2. The number of halogens is 2. The fraction of sp³-hybridized carbons (Fsp3) is 0.103. The molecule has 0 saturated carbocycles. The van der Waals surface area contributed by atoms with Crippen LogP contribution in [0.25, 0.3) is 16.8 Å². The summed E-state index contributed by atoms with van der Waals surface area (Å²) in [5.41, 5.74) is 2.42. The summed E-state index contributed by atoms with van der Waals surface area (Å²) in [7, 11) is 1.56. The number of ether oxygens (including phenoxy) is 2. The second kappa shape index (κ2) is 10.9. The quantitative estimate of drug-likeness (QED) is 0.219. The summed E-state index contributed by atoms with van der Waals surface area (Å²) < 4.78 is 11.6. The van der Waals surface area contributed by atoms with Gasteiger partial charge >= 0.3 is 0 Å². The van der Waals surface area contributed by atoms with Crippen molar-refractivity contribution in [3.05, 3.63) is 111 Å². The Balaban J connectivity index is 1.32. The van der Waals surface area contributed by atoms with Crippen molar-refractivity contribution in [3.63, 3.8) is 0 Å². The summed E-state index contributed by atoms with van der Waals surface area (Å²) in [5, 5.41) is 2.82. The van der Waals surface area contributed by atoms with Crippen LogP contribution in [0.5, 0.6) is 11.5 Å². The number of nitrogens with zero attached hydrogens (tertiary/aromatic N) is 1. The van der Waals surface area contributed by atoms with Crippen LogP contribution >= 0.6 is 35.0 Å². The third kappa shape index (κ3) is 5.47. The Morgan fingerprint density at radius 1 is 0.892 bits per heavy atom. The van der Waals surface area contributed by atoms with Crippen molar-refractivity contribution >= 4 is 63.0 Å². The van der Waals surface area contributed by atoms with Gasteiger partial charge in [0.2, 0.25) is 0 Å². The van der Waals surface area contributed by atoms with Gasteiger partial charge in [-0.05, 0) is 69.6 Å². The van der Waals surface area contributed by atoms with Gasteiger partial charge in [-0.1, -0.05) is 77.8 Å². The van der Waals surface area contributed by atoms with Gasteiger partial charge < -0.3 is 9.47 Å². The van der Waals surface area contributed by atoms with Crippen molar-refractivity contribution in [3.8, 4) is 11.5 Å². The van der Waals surface area contributed by atoms with Crippen molar-refractivity contribution in [2.24, 2.45) is 0 Å². The summed E-state index contributed by atoms with van der Waals surface area (Å²) in [6.45, 7) is 0.450. The first-order valence-corrected chi connectivity index (χ1v) is 13.0. The van der Waals surface area contributed by atoms with E-state index in [1.165, 1.54) is 4.90 Å². The van der Waals surface area contributed by atoms with Crippen LogP contribution in [0.4, 0.5) is 4.79 Å². The number of thioether (sulfide) groups is 1. The van der Waals surface area contributed by atoms with Gasteiger partial charge in [0.15, 0.2) is 11.5 Å². The van der Waals surface area contributed by atoms with Crippen molar-refractivity contribution in [2.45, 2.75) is 13.2 Å². The van der Waals surface area contributed by atoms with Crippen LogP contribution in [0.1, 0.15) is 16.7 Å². The molecular weight excluding hydrogens is 529 g/mol. The minimum Gasteiger partial charge on any atom is -0.493 e. The Morgan fingerprint density at radius 2 is 1.70 bits per heavy atom. The van der Waals surface area contributed by atoms with Gasteiger partial charge in [0.25, 0.3) is 11.1 Å². The summed E-state index contributed by atoms with van der Waals surface area (Å²) in [5.74, 6) is 0.732. The van der Waals surface area contributed by atoms with Gasteiger partial charge in [-0.15, -0.1) is 0 Å². The molecule has 0 aliphatic carbocycles. The van der Waals surface area contributed by atoms with Crippen LogP contribution in [0.2, 0.25) is 10.0 Å². The summed E-state index contributed by atoms with van der Waals surface area (Å²) in [6.07, 6.45) is 1.67. The predicted octanol–water partition coefficient (Wildman–Crippen LogP) is 7.97. The maximum absolute atomic E-state index is 13.0. The molecule has 0 N–H and O–H groups in total. The Bertz CT molecular complexity index is 1550. The number of imide groups is 1. The second-order valence-electron chi connectivity index (χ2n) is 8.34. The van der Waals surface area contributed by atoms with Crippen molar-refractivity contribution in [2.75, 3.05) is 7.11 Å². The lowest BCUT2D eigenvalue weighted by Gasteiger charge is -2.14. The molecule has 5 nitrogen and oxygen atoms in total. The molecule has 2 amide bonds. The van der Waals surface area contributed by atoms with Gasteiger partial charge in [-0.2, -0.15) is 0 Å². The highest BCUT2D eigenvalue weighted by Gasteiger charge is 2.35. The standard InChI is InChI=1S/C29H21Cl2NO4S/c1-35-26-13-18(9-12-25(26)36-17-21-7-4-6-19-5-2-3-8-23(19)21)14-27-28(33)32(29(34)37-27)16-20-10-11-22(30)15-24(20)31/h2-15H,16-17H2,1H3/b27-14+. The summed E-state index contributed by atoms with van der Waals surface area (Å²) in [4.78, 5) is 27.0. The number of hydrogen-bond acceptors (Lipinski definition) is 5. The van der Waals surface area contributed by atoms with Crippen LogP contribution in [0.3, 0.4) is 0 Å². The lowest BCUT2D eigenvalue weighted by atomic mass is 10.1. The van der Waals surface area contributed by atoms with Crippen LogP contribution in [-0.4, -0.2) is 23.2 Å². The lowest BCUT2D eigenvalue weighted by Crippen LogP contribution is -2.27. The molecule has 0 radical (unpaired) electrons. The SMILES string of the molecule is COc1cc(/C=C2/SC(=O)N(Cc3ccc(Cl)cc3Cl)C2=O)ccc1OCc1cccc2ccccc12. The van der Waals surface area contributed by atoms with E-state index in [1.54, 1.807) is 43.5 Å². The van der Waals surface area contributed by atoms with E-state index < -0.39 is 0 Å². The zero-order chi connectivity index (χ0) is 25.9. The fourth-order valence-corrected chi connectivity index (χ4v) is 5.38. The average molecular weight is 550 g/mol. The van der Waals surface area contributed by atoms with E-state index in [0.717, 1.165) is 28.1 Å². The van der Waals surface area contributed by atoms with Crippen molar-refractivity contribution in [1.82, 2.24) is 4.90 Å². The second-order valence-corrected chi connectivity index (χ2v) is 10.2. The Kier molecular flexibility index (Phi) is 7.42. The number of rotatable bonds is 7. The van der Waals surface area contributed by atoms with Gasteiger partial charge in [0.05, 0.1) is 18.6 Å². The minimum absolute atomic E-state index is 0.0717. The molecule has 1 fully saturated rings. The third-order valence-corrected chi connectivity index (χ3v) is 7.46. The molecule has 4 aromatic rings. The molecule has 1 heterocycles. The highest BCUT2D eigenvalue weighted by atomic mass is 35.5. The molecule has 4 aromatic carbocycles. The van der Waals surface area contributed by atoms with Gasteiger partial charge in [-0.3, -0.25) is 14.5 Å². The van der Waals surface area contributed by atoms with E-state index in [4.69, 9.17) is 32.7 Å². The molecule has 37 heavy (non-hydrogen) atoms. The van der Waals surface area contributed by atoms with Crippen LogP contribution in [0.15, 0.2) is 83.8 Å². The number of hydrogen-bond donors (Lipinski definition) is 0. The first-order chi connectivity index (χ1) is 17.9. The molecule has 0 bridgehead atoms.